The summed E-state index contributed by atoms with van der Waals surface area (Å²) in [4.78, 5) is 18.3. The van der Waals surface area contributed by atoms with Crippen molar-refractivity contribution >= 4 is 32.7 Å². The second-order valence-electron chi connectivity index (χ2n) is 6.60. The molecule has 4 aromatic rings. The highest BCUT2D eigenvalue weighted by molar-refractivity contribution is 9.10. The Balaban J connectivity index is 1.43. The molecule has 7 heteroatoms. The number of nitrogens with zero attached hydrogens (tertiary/aromatic N) is 4. The second-order valence-corrected chi connectivity index (χ2v) is 7.46. The van der Waals surface area contributed by atoms with Crippen molar-refractivity contribution in [3.05, 3.63) is 76.2 Å². The standard InChI is InChI=1S/C20H16BrN5O/c21-15-6-2-4-8-19(15)26-12-18(23-24-26)20(27)25-10-9-17-14(11-25)13-5-1-3-7-16(13)22-17/h1-8,12,22H,9-11H2. The Hall–Kier alpha value is -2.93. The number of amides is 1. The number of aromatic amines is 1. The number of H-pyrrole nitrogens is 1. The van der Waals surface area contributed by atoms with Crippen molar-refractivity contribution in [1.29, 1.82) is 0 Å². The number of nitrogens with one attached hydrogen (secondary N) is 1. The first-order chi connectivity index (χ1) is 13.2. The zero-order valence-corrected chi connectivity index (χ0v) is 16.0. The number of halogens is 1. The van der Waals surface area contributed by atoms with Crippen LogP contribution < -0.4 is 0 Å². The van der Waals surface area contributed by atoms with E-state index in [-0.39, 0.29) is 5.91 Å². The highest BCUT2D eigenvalue weighted by Gasteiger charge is 2.26. The average Bonchev–Trinajstić information content (AvgIpc) is 3.32. The predicted octanol–water partition coefficient (Wildman–Crippen LogP) is 3.71. The van der Waals surface area contributed by atoms with Gasteiger partial charge in [0, 0.05) is 46.1 Å². The van der Waals surface area contributed by atoms with Gasteiger partial charge in [-0.2, -0.15) is 0 Å². The van der Waals surface area contributed by atoms with E-state index in [1.807, 2.05) is 41.3 Å². The number of carbonyl (C=O) groups excluding carboxylic acids is 1. The van der Waals surface area contributed by atoms with E-state index in [0.717, 1.165) is 22.1 Å². The number of hydrogen-bond acceptors (Lipinski definition) is 3. The average molecular weight is 422 g/mol. The molecule has 3 heterocycles. The van der Waals surface area contributed by atoms with Crippen LogP contribution in [0.2, 0.25) is 0 Å². The third kappa shape index (κ3) is 2.75. The second kappa shape index (κ2) is 6.35. The van der Waals surface area contributed by atoms with Crippen molar-refractivity contribution in [3.63, 3.8) is 0 Å². The largest absolute Gasteiger partial charge is 0.358 e. The fraction of sp³-hybridized carbons (Fsp3) is 0.150. The predicted molar refractivity (Wildman–Crippen MR) is 106 cm³/mol. The van der Waals surface area contributed by atoms with Gasteiger partial charge in [-0.1, -0.05) is 35.5 Å². The van der Waals surface area contributed by atoms with Gasteiger partial charge >= 0.3 is 0 Å². The highest BCUT2D eigenvalue weighted by Crippen LogP contribution is 2.28. The Labute approximate surface area is 163 Å². The van der Waals surface area contributed by atoms with Crippen molar-refractivity contribution in [2.45, 2.75) is 13.0 Å². The van der Waals surface area contributed by atoms with Crippen molar-refractivity contribution in [2.24, 2.45) is 0 Å². The zero-order valence-electron chi connectivity index (χ0n) is 14.4. The summed E-state index contributed by atoms with van der Waals surface area (Å²) >= 11 is 3.51. The summed E-state index contributed by atoms with van der Waals surface area (Å²) in [5.74, 6) is -0.0933. The molecule has 1 amide bonds. The molecule has 1 N–H and O–H groups in total. The molecule has 0 bridgehead atoms. The van der Waals surface area contributed by atoms with Gasteiger partial charge in [-0.3, -0.25) is 4.79 Å². The maximum absolute atomic E-state index is 13.0. The molecule has 6 nitrogen and oxygen atoms in total. The summed E-state index contributed by atoms with van der Waals surface area (Å²) in [6.07, 6.45) is 2.50. The molecular weight excluding hydrogens is 406 g/mol. The maximum atomic E-state index is 13.0. The van der Waals surface area contributed by atoms with E-state index in [4.69, 9.17) is 0 Å². The van der Waals surface area contributed by atoms with E-state index in [9.17, 15) is 4.79 Å². The van der Waals surface area contributed by atoms with Crippen LogP contribution in [0.25, 0.3) is 16.6 Å². The lowest BCUT2D eigenvalue weighted by Crippen LogP contribution is -2.36. The normalized spacial score (nSPS) is 13.7. The summed E-state index contributed by atoms with van der Waals surface area (Å²) < 4.78 is 2.52. The molecule has 134 valence electrons. The van der Waals surface area contributed by atoms with Crippen LogP contribution in [0, 0.1) is 0 Å². The lowest BCUT2D eigenvalue weighted by Gasteiger charge is -2.26. The molecule has 0 atom stereocenters. The number of fused-ring (bicyclic) bond motifs is 3. The first-order valence-electron chi connectivity index (χ1n) is 8.76. The molecular formula is C20H16BrN5O. The molecule has 2 aromatic heterocycles. The number of hydrogen-bond donors (Lipinski definition) is 1. The van der Waals surface area contributed by atoms with Gasteiger partial charge in [0.2, 0.25) is 0 Å². The van der Waals surface area contributed by atoms with Crippen LogP contribution in [0.5, 0.6) is 0 Å². The minimum absolute atomic E-state index is 0.0933. The molecule has 5 rings (SSSR count). The van der Waals surface area contributed by atoms with Gasteiger partial charge in [0.1, 0.15) is 0 Å². The van der Waals surface area contributed by atoms with Gasteiger partial charge in [0.05, 0.1) is 11.9 Å². The molecule has 0 radical (unpaired) electrons. The molecule has 0 spiro atoms. The van der Waals surface area contributed by atoms with Gasteiger partial charge in [-0.05, 0) is 34.1 Å². The number of carbonyl (C=O) groups is 1. The van der Waals surface area contributed by atoms with Crippen molar-refractivity contribution in [3.8, 4) is 5.69 Å². The van der Waals surface area contributed by atoms with Crippen molar-refractivity contribution in [2.75, 3.05) is 6.54 Å². The van der Waals surface area contributed by atoms with Crippen LogP contribution in [-0.4, -0.2) is 37.3 Å². The van der Waals surface area contributed by atoms with Gasteiger partial charge < -0.3 is 9.88 Å². The van der Waals surface area contributed by atoms with Gasteiger partial charge in [0.15, 0.2) is 5.69 Å². The Kier molecular flexibility index (Phi) is 3.82. The minimum atomic E-state index is -0.0933. The maximum Gasteiger partial charge on any atom is 0.276 e. The topological polar surface area (TPSA) is 66.8 Å². The van der Waals surface area contributed by atoms with Crippen LogP contribution >= 0.6 is 15.9 Å². The van der Waals surface area contributed by atoms with E-state index in [1.54, 1.807) is 10.9 Å². The molecule has 27 heavy (non-hydrogen) atoms. The molecule has 0 unspecified atom stereocenters. The lowest BCUT2D eigenvalue weighted by molar-refractivity contribution is 0.0729. The lowest BCUT2D eigenvalue weighted by atomic mass is 10.0. The number of aromatic nitrogens is 4. The molecule has 1 aliphatic heterocycles. The van der Waals surface area contributed by atoms with E-state index in [2.05, 4.69) is 43.4 Å². The highest BCUT2D eigenvalue weighted by atomic mass is 79.9. The first kappa shape index (κ1) is 16.3. The summed E-state index contributed by atoms with van der Waals surface area (Å²) in [5, 5.41) is 9.42. The molecule has 0 saturated heterocycles. The fourth-order valence-electron chi connectivity index (χ4n) is 3.62. The summed E-state index contributed by atoms with van der Waals surface area (Å²) in [7, 11) is 0. The van der Waals surface area contributed by atoms with Crippen LogP contribution in [0.1, 0.15) is 21.7 Å². The molecule has 0 saturated carbocycles. The molecule has 0 aliphatic carbocycles. The van der Waals surface area contributed by atoms with Crippen LogP contribution in [-0.2, 0) is 13.0 Å². The van der Waals surface area contributed by atoms with Gasteiger partial charge in [-0.15, -0.1) is 5.10 Å². The van der Waals surface area contributed by atoms with E-state index >= 15 is 0 Å². The molecule has 2 aromatic carbocycles. The summed E-state index contributed by atoms with van der Waals surface area (Å²) in [6.45, 7) is 1.25. The first-order valence-corrected chi connectivity index (χ1v) is 9.55. The van der Waals surface area contributed by atoms with E-state index in [1.165, 1.54) is 16.6 Å². The third-order valence-corrected chi connectivity index (χ3v) is 5.65. The number of rotatable bonds is 2. The van der Waals surface area contributed by atoms with E-state index < -0.39 is 0 Å². The van der Waals surface area contributed by atoms with Crippen molar-refractivity contribution in [1.82, 2.24) is 24.9 Å². The van der Waals surface area contributed by atoms with Crippen LogP contribution in [0.4, 0.5) is 0 Å². The molecule has 1 aliphatic rings. The van der Waals surface area contributed by atoms with Gasteiger partial charge in [-0.25, -0.2) is 4.68 Å². The Morgan fingerprint density at radius 3 is 2.81 bits per heavy atom. The Bertz CT molecular complexity index is 1160. The summed E-state index contributed by atoms with van der Waals surface area (Å²) in [6, 6.07) is 15.9. The van der Waals surface area contributed by atoms with Crippen molar-refractivity contribution < 1.29 is 4.79 Å². The monoisotopic (exact) mass is 421 g/mol. The SMILES string of the molecule is O=C(c1cn(-c2ccccc2Br)nn1)N1CCc2[nH]c3ccccc3c2C1. The third-order valence-electron chi connectivity index (χ3n) is 4.98. The Morgan fingerprint density at radius 2 is 1.93 bits per heavy atom. The van der Waals surface area contributed by atoms with Crippen LogP contribution in [0.15, 0.2) is 59.2 Å². The number of para-hydroxylation sites is 2. The quantitative estimate of drug-likeness (QED) is 0.536. The smallest absolute Gasteiger partial charge is 0.276 e. The zero-order chi connectivity index (χ0) is 18.4. The fourth-order valence-corrected chi connectivity index (χ4v) is 4.09. The molecule has 0 fully saturated rings. The van der Waals surface area contributed by atoms with Crippen LogP contribution in [0.3, 0.4) is 0 Å². The minimum Gasteiger partial charge on any atom is -0.358 e. The number of benzene rings is 2. The van der Waals surface area contributed by atoms with E-state index in [0.29, 0.717) is 18.8 Å². The van der Waals surface area contributed by atoms with Gasteiger partial charge in [0.25, 0.3) is 5.91 Å². The Morgan fingerprint density at radius 1 is 1.11 bits per heavy atom. The summed E-state index contributed by atoms with van der Waals surface area (Å²) in [5.41, 5.74) is 4.74.